The highest BCUT2D eigenvalue weighted by Crippen LogP contribution is 2.31. The molecule has 1 aromatic carbocycles. The predicted octanol–water partition coefficient (Wildman–Crippen LogP) is 3.90. The maximum Gasteiger partial charge on any atom is 0.434 e. The van der Waals surface area contributed by atoms with E-state index in [1.54, 1.807) is 36.4 Å². The molecule has 188 valence electrons. The molecule has 0 unspecified atom stereocenters. The lowest BCUT2D eigenvalue weighted by Crippen LogP contribution is -2.43. The first-order valence-electron chi connectivity index (χ1n) is 11.1. The maximum absolute atomic E-state index is 13.1. The fraction of sp³-hybridized carbons (Fsp3) is 0.391. The van der Waals surface area contributed by atoms with Crippen LogP contribution in [0.3, 0.4) is 0 Å². The number of nitrogens with one attached hydrogen (secondary N) is 2. The Kier molecular flexibility index (Phi) is 6.67. The number of pyridine rings is 1. The third-order valence-corrected chi connectivity index (χ3v) is 6.74. The number of aromatic nitrogens is 2. The normalized spacial score (nSPS) is 18.9. The summed E-state index contributed by atoms with van der Waals surface area (Å²) in [5.41, 5.74) is -0.0335. The molecular formula is C23H26F3N5O3S. The van der Waals surface area contributed by atoms with E-state index in [1.165, 1.54) is 10.5 Å². The number of carbonyl (C=O) groups excluding carboxylic acids is 1. The highest BCUT2D eigenvalue weighted by Gasteiger charge is 2.34. The quantitative estimate of drug-likeness (QED) is 0.526. The molecule has 0 saturated heterocycles. The van der Waals surface area contributed by atoms with Gasteiger partial charge in [0.2, 0.25) is 10.0 Å². The second-order valence-electron chi connectivity index (χ2n) is 8.78. The van der Waals surface area contributed by atoms with E-state index in [0.29, 0.717) is 29.9 Å². The van der Waals surface area contributed by atoms with Crippen molar-refractivity contribution in [1.82, 2.24) is 14.7 Å². The minimum atomic E-state index is -4.52. The van der Waals surface area contributed by atoms with Gasteiger partial charge in [0.15, 0.2) is 5.69 Å². The molecule has 3 aromatic rings. The second kappa shape index (κ2) is 9.40. The van der Waals surface area contributed by atoms with Crippen LogP contribution < -0.4 is 14.9 Å². The van der Waals surface area contributed by atoms with Gasteiger partial charge in [-0.1, -0.05) is 12.1 Å². The number of rotatable bonds is 6. The zero-order valence-electron chi connectivity index (χ0n) is 19.2. The summed E-state index contributed by atoms with van der Waals surface area (Å²) in [5, 5.41) is 3.00. The van der Waals surface area contributed by atoms with E-state index in [9.17, 15) is 26.4 Å². The number of hydrogen-bond acceptors (Lipinski definition) is 5. The Morgan fingerprint density at radius 2 is 1.80 bits per heavy atom. The molecule has 35 heavy (non-hydrogen) atoms. The van der Waals surface area contributed by atoms with E-state index in [1.807, 2.05) is 11.9 Å². The average Bonchev–Trinajstić information content (AvgIpc) is 3.23. The number of alkyl halides is 3. The van der Waals surface area contributed by atoms with Gasteiger partial charge in [-0.05, 0) is 56.0 Å². The molecule has 8 nitrogen and oxygen atoms in total. The van der Waals surface area contributed by atoms with Crippen LogP contribution in [-0.2, 0) is 16.2 Å². The number of benzene rings is 1. The van der Waals surface area contributed by atoms with Crippen LogP contribution in [0.2, 0.25) is 0 Å². The zero-order valence-corrected chi connectivity index (χ0v) is 20.0. The van der Waals surface area contributed by atoms with Crippen molar-refractivity contribution in [1.29, 1.82) is 0 Å². The number of halogens is 3. The number of anilines is 2. The minimum Gasteiger partial charge on any atom is -0.358 e. The van der Waals surface area contributed by atoms with Crippen LogP contribution in [0, 0.1) is 0 Å². The summed E-state index contributed by atoms with van der Waals surface area (Å²) >= 11 is 0. The molecule has 0 bridgehead atoms. The average molecular weight is 510 g/mol. The smallest absolute Gasteiger partial charge is 0.358 e. The van der Waals surface area contributed by atoms with Gasteiger partial charge in [0.25, 0.3) is 5.91 Å². The van der Waals surface area contributed by atoms with Crippen molar-refractivity contribution in [2.45, 2.75) is 43.9 Å². The summed E-state index contributed by atoms with van der Waals surface area (Å²) in [5.74, 6) is 0.329. The third kappa shape index (κ3) is 5.87. The van der Waals surface area contributed by atoms with E-state index >= 15 is 0 Å². The molecule has 1 aliphatic rings. The summed E-state index contributed by atoms with van der Waals surface area (Å²) in [6.45, 7) is 0. The Bertz CT molecular complexity index is 1330. The van der Waals surface area contributed by atoms with Crippen LogP contribution in [0.1, 0.15) is 41.7 Å². The summed E-state index contributed by atoms with van der Waals surface area (Å²) in [4.78, 5) is 18.4. The van der Waals surface area contributed by atoms with Gasteiger partial charge >= 0.3 is 6.18 Å². The fourth-order valence-corrected chi connectivity index (χ4v) is 4.98. The van der Waals surface area contributed by atoms with Crippen molar-refractivity contribution in [2.24, 2.45) is 0 Å². The van der Waals surface area contributed by atoms with Crippen molar-refractivity contribution >= 4 is 33.1 Å². The van der Waals surface area contributed by atoms with Crippen LogP contribution >= 0.6 is 0 Å². The SMILES string of the molecule is CN(c1cccc2nc(C(F)(F)F)cn12)C1CCC(NC(=O)c2cccc(NS(C)(=O)=O)c2)CC1. The summed E-state index contributed by atoms with van der Waals surface area (Å²) < 4.78 is 66.0. The topological polar surface area (TPSA) is 95.8 Å². The number of nitrogens with zero attached hydrogens (tertiary/aromatic N) is 3. The van der Waals surface area contributed by atoms with Crippen LogP contribution in [0.15, 0.2) is 48.7 Å². The van der Waals surface area contributed by atoms with Crippen LogP contribution in [-0.4, -0.2) is 49.1 Å². The largest absolute Gasteiger partial charge is 0.434 e. The lowest BCUT2D eigenvalue weighted by atomic mass is 9.90. The molecule has 1 fully saturated rings. The summed E-state index contributed by atoms with van der Waals surface area (Å²) in [6.07, 6.45) is 0.435. The lowest BCUT2D eigenvalue weighted by Gasteiger charge is -2.36. The zero-order chi connectivity index (χ0) is 25.4. The molecule has 2 aromatic heterocycles. The number of imidazole rings is 1. The van der Waals surface area contributed by atoms with Crippen LogP contribution in [0.5, 0.6) is 0 Å². The molecule has 1 saturated carbocycles. The Labute approximate surface area is 201 Å². The molecule has 2 N–H and O–H groups in total. The Morgan fingerprint density at radius 3 is 2.46 bits per heavy atom. The molecule has 4 rings (SSSR count). The molecule has 0 atom stereocenters. The molecular weight excluding hydrogens is 483 g/mol. The van der Waals surface area contributed by atoms with Gasteiger partial charge in [0.05, 0.1) is 6.26 Å². The van der Waals surface area contributed by atoms with E-state index in [4.69, 9.17) is 0 Å². The Morgan fingerprint density at radius 1 is 1.11 bits per heavy atom. The van der Waals surface area contributed by atoms with Gasteiger partial charge in [0.1, 0.15) is 11.5 Å². The van der Waals surface area contributed by atoms with E-state index in [-0.39, 0.29) is 23.6 Å². The van der Waals surface area contributed by atoms with Crippen molar-refractivity contribution in [3.63, 3.8) is 0 Å². The van der Waals surface area contributed by atoms with Gasteiger partial charge in [-0.25, -0.2) is 13.4 Å². The molecule has 1 amide bonds. The van der Waals surface area contributed by atoms with Gasteiger partial charge in [-0.2, -0.15) is 13.2 Å². The van der Waals surface area contributed by atoms with Crippen molar-refractivity contribution in [2.75, 3.05) is 22.9 Å². The van der Waals surface area contributed by atoms with Crippen LogP contribution in [0.25, 0.3) is 5.65 Å². The first kappa shape index (κ1) is 24.8. The van der Waals surface area contributed by atoms with Gasteiger partial charge < -0.3 is 10.2 Å². The van der Waals surface area contributed by atoms with Crippen molar-refractivity contribution in [3.05, 3.63) is 59.9 Å². The molecule has 12 heteroatoms. The molecule has 2 heterocycles. The van der Waals surface area contributed by atoms with E-state index in [2.05, 4.69) is 15.0 Å². The minimum absolute atomic E-state index is 0.0560. The maximum atomic E-state index is 13.1. The molecule has 0 spiro atoms. The number of fused-ring (bicyclic) bond motifs is 1. The second-order valence-corrected chi connectivity index (χ2v) is 10.5. The number of carbonyl (C=O) groups is 1. The number of hydrogen-bond donors (Lipinski definition) is 2. The molecule has 0 aliphatic heterocycles. The fourth-order valence-electron chi connectivity index (χ4n) is 4.42. The molecule has 0 radical (unpaired) electrons. The third-order valence-electron chi connectivity index (χ3n) is 6.13. The molecule has 1 aliphatic carbocycles. The van der Waals surface area contributed by atoms with Crippen molar-refractivity contribution < 1.29 is 26.4 Å². The lowest BCUT2D eigenvalue weighted by molar-refractivity contribution is -0.140. The Balaban J connectivity index is 1.39. The Hall–Kier alpha value is -3.28. The highest BCUT2D eigenvalue weighted by molar-refractivity contribution is 7.92. The highest BCUT2D eigenvalue weighted by atomic mass is 32.2. The summed E-state index contributed by atoms with van der Waals surface area (Å²) in [6, 6.07) is 11.3. The van der Waals surface area contributed by atoms with Gasteiger partial charge in [-0.15, -0.1) is 0 Å². The first-order chi connectivity index (χ1) is 16.4. The number of sulfonamides is 1. The first-order valence-corrected chi connectivity index (χ1v) is 13.0. The summed E-state index contributed by atoms with van der Waals surface area (Å²) in [7, 11) is -1.60. The van der Waals surface area contributed by atoms with Crippen molar-refractivity contribution in [3.8, 4) is 0 Å². The van der Waals surface area contributed by atoms with E-state index in [0.717, 1.165) is 25.3 Å². The van der Waals surface area contributed by atoms with E-state index < -0.39 is 21.9 Å². The van der Waals surface area contributed by atoms with Crippen LogP contribution in [0.4, 0.5) is 24.7 Å². The monoisotopic (exact) mass is 509 g/mol. The standard InChI is InChI=1S/C23H26F3N5O3S/c1-30(21-8-4-7-20-28-19(14-31(20)21)23(24,25)26)18-11-9-16(10-12-18)27-22(32)15-5-3-6-17(13-15)29-35(2,33)34/h3-8,13-14,16,18,29H,9-12H2,1-2H3,(H,27,32). The number of amides is 1. The van der Waals surface area contributed by atoms with Gasteiger partial charge in [0, 0.05) is 36.6 Å². The van der Waals surface area contributed by atoms with Gasteiger partial charge in [-0.3, -0.25) is 13.9 Å². The predicted molar refractivity (Wildman–Crippen MR) is 127 cm³/mol.